The van der Waals surface area contributed by atoms with Gasteiger partial charge in [-0.2, -0.15) is 0 Å². The second-order valence-electron chi connectivity index (χ2n) is 5.93. The molecule has 0 spiro atoms. The number of benzene rings is 3. The lowest BCUT2D eigenvalue weighted by molar-refractivity contribution is 0.448. The van der Waals surface area contributed by atoms with E-state index in [0.717, 1.165) is 13.1 Å². The molecular formula is C21H19N. The molecule has 1 saturated heterocycles. The maximum absolute atomic E-state index is 3.38. The van der Waals surface area contributed by atoms with Gasteiger partial charge in [0.2, 0.25) is 0 Å². The van der Waals surface area contributed by atoms with Gasteiger partial charge >= 0.3 is 0 Å². The number of hydrogen-bond acceptors (Lipinski definition) is 1. The maximum Gasteiger partial charge on any atom is 0.00889 e. The molecule has 108 valence electrons. The molecule has 1 N–H and O–H groups in total. The van der Waals surface area contributed by atoms with Crippen molar-refractivity contribution >= 4 is 0 Å². The zero-order chi connectivity index (χ0) is 14.8. The van der Waals surface area contributed by atoms with Crippen LogP contribution in [0.15, 0.2) is 78.9 Å². The van der Waals surface area contributed by atoms with E-state index in [0.29, 0.717) is 5.92 Å². The molecule has 0 radical (unpaired) electrons. The fourth-order valence-corrected chi connectivity index (χ4v) is 3.01. The minimum Gasteiger partial charge on any atom is -0.315 e. The van der Waals surface area contributed by atoms with Gasteiger partial charge in [-0.05, 0) is 33.9 Å². The smallest absolute Gasteiger partial charge is 0.00889 e. The van der Waals surface area contributed by atoms with Crippen molar-refractivity contribution in [3.05, 3.63) is 84.4 Å². The summed E-state index contributed by atoms with van der Waals surface area (Å²) in [6, 6.07) is 28.3. The lowest BCUT2D eigenvalue weighted by Gasteiger charge is -2.28. The monoisotopic (exact) mass is 285 g/mol. The summed E-state index contributed by atoms with van der Waals surface area (Å²) >= 11 is 0. The first-order valence-corrected chi connectivity index (χ1v) is 7.87. The highest BCUT2D eigenvalue weighted by Gasteiger charge is 2.20. The van der Waals surface area contributed by atoms with Crippen molar-refractivity contribution in [1.29, 1.82) is 0 Å². The van der Waals surface area contributed by atoms with Crippen LogP contribution in [0.25, 0.3) is 22.3 Å². The van der Waals surface area contributed by atoms with Gasteiger partial charge in [-0.1, -0.05) is 72.8 Å². The van der Waals surface area contributed by atoms with Crippen LogP contribution in [0.1, 0.15) is 11.5 Å². The second-order valence-corrected chi connectivity index (χ2v) is 5.93. The average Bonchev–Trinajstić information content (AvgIpc) is 2.55. The van der Waals surface area contributed by atoms with Crippen LogP contribution in [-0.2, 0) is 0 Å². The minimum absolute atomic E-state index is 0.645. The van der Waals surface area contributed by atoms with Crippen molar-refractivity contribution in [3.63, 3.8) is 0 Å². The molecule has 0 bridgehead atoms. The summed E-state index contributed by atoms with van der Waals surface area (Å²) in [7, 11) is 0. The summed E-state index contributed by atoms with van der Waals surface area (Å²) in [6.45, 7) is 2.18. The second kappa shape index (κ2) is 5.78. The Morgan fingerprint density at radius 2 is 1.09 bits per heavy atom. The van der Waals surface area contributed by atoms with E-state index in [1.807, 2.05) is 0 Å². The van der Waals surface area contributed by atoms with Crippen LogP contribution in [0.5, 0.6) is 0 Å². The largest absolute Gasteiger partial charge is 0.315 e. The van der Waals surface area contributed by atoms with Gasteiger partial charge in [0.25, 0.3) is 0 Å². The first-order chi connectivity index (χ1) is 10.9. The Morgan fingerprint density at radius 3 is 1.50 bits per heavy atom. The van der Waals surface area contributed by atoms with E-state index in [1.54, 1.807) is 0 Å². The van der Waals surface area contributed by atoms with Gasteiger partial charge in [0.15, 0.2) is 0 Å². The van der Waals surface area contributed by atoms with Crippen LogP contribution >= 0.6 is 0 Å². The first kappa shape index (κ1) is 13.3. The molecule has 0 amide bonds. The zero-order valence-corrected chi connectivity index (χ0v) is 12.5. The third-order valence-corrected chi connectivity index (χ3v) is 4.42. The van der Waals surface area contributed by atoms with E-state index >= 15 is 0 Å². The molecule has 4 rings (SSSR count). The highest BCUT2D eigenvalue weighted by Crippen LogP contribution is 2.32. The molecule has 0 aliphatic carbocycles. The third kappa shape index (κ3) is 2.56. The normalized spacial score (nSPS) is 14.5. The van der Waals surface area contributed by atoms with Gasteiger partial charge in [-0.3, -0.25) is 0 Å². The summed E-state index contributed by atoms with van der Waals surface area (Å²) < 4.78 is 0. The fourth-order valence-electron chi connectivity index (χ4n) is 3.01. The van der Waals surface area contributed by atoms with E-state index in [4.69, 9.17) is 0 Å². The Balaban J connectivity index is 1.84. The van der Waals surface area contributed by atoms with Gasteiger partial charge in [-0.15, -0.1) is 0 Å². The molecule has 22 heavy (non-hydrogen) atoms. The zero-order valence-electron chi connectivity index (χ0n) is 12.5. The Hall–Kier alpha value is -2.38. The van der Waals surface area contributed by atoms with E-state index in [9.17, 15) is 0 Å². The number of rotatable bonds is 3. The van der Waals surface area contributed by atoms with Crippen LogP contribution in [0.4, 0.5) is 0 Å². The Labute approximate surface area is 131 Å². The average molecular weight is 285 g/mol. The Bertz CT molecular complexity index is 701. The molecule has 0 unspecified atom stereocenters. The van der Waals surface area contributed by atoms with Gasteiger partial charge in [0, 0.05) is 19.0 Å². The first-order valence-electron chi connectivity index (χ1n) is 7.87. The predicted octanol–water partition coefficient (Wildman–Crippen LogP) is 4.71. The predicted molar refractivity (Wildman–Crippen MR) is 92.9 cm³/mol. The molecule has 1 heteroatoms. The van der Waals surface area contributed by atoms with Gasteiger partial charge in [0.05, 0.1) is 0 Å². The summed E-state index contributed by atoms with van der Waals surface area (Å²) in [5.41, 5.74) is 6.63. The molecule has 1 aliphatic rings. The third-order valence-electron chi connectivity index (χ3n) is 4.42. The van der Waals surface area contributed by atoms with Crippen molar-refractivity contribution in [3.8, 4) is 22.3 Å². The van der Waals surface area contributed by atoms with Crippen molar-refractivity contribution < 1.29 is 0 Å². The standard InChI is InChI=1S/C21H19N/c1-3-7-16(8-4-1)18-11-19(17-9-5-2-6-10-17)13-20(12-18)21-14-22-15-21/h1-13,21-22H,14-15H2. The summed E-state index contributed by atoms with van der Waals surface area (Å²) in [6.07, 6.45) is 0. The topological polar surface area (TPSA) is 12.0 Å². The minimum atomic E-state index is 0.645. The molecule has 3 aromatic carbocycles. The Kier molecular flexibility index (Phi) is 3.49. The highest BCUT2D eigenvalue weighted by atomic mass is 14.9. The van der Waals surface area contributed by atoms with Crippen LogP contribution < -0.4 is 5.32 Å². The summed E-state index contributed by atoms with van der Waals surface area (Å²) in [5, 5.41) is 3.38. The van der Waals surface area contributed by atoms with Crippen molar-refractivity contribution in [2.75, 3.05) is 13.1 Å². The quantitative estimate of drug-likeness (QED) is 0.735. The van der Waals surface area contributed by atoms with Gasteiger partial charge in [0.1, 0.15) is 0 Å². The molecule has 0 aromatic heterocycles. The maximum atomic E-state index is 3.38. The number of nitrogens with one attached hydrogen (secondary N) is 1. The van der Waals surface area contributed by atoms with Crippen LogP contribution in [0, 0.1) is 0 Å². The van der Waals surface area contributed by atoms with Gasteiger partial charge in [-0.25, -0.2) is 0 Å². The Morgan fingerprint density at radius 1 is 0.591 bits per heavy atom. The highest BCUT2D eigenvalue weighted by molar-refractivity contribution is 5.74. The van der Waals surface area contributed by atoms with E-state index in [-0.39, 0.29) is 0 Å². The molecule has 1 heterocycles. The SMILES string of the molecule is c1ccc(-c2cc(-c3ccccc3)cc(C3CNC3)c2)cc1. The van der Waals surface area contributed by atoms with E-state index in [1.165, 1.54) is 27.8 Å². The van der Waals surface area contributed by atoms with E-state index in [2.05, 4.69) is 84.2 Å². The summed E-state index contributed by atoms with van der Waals surface area (Å²) in [5.74, 6) is 0.645. The molecule has 0 saturated carbocycles. The lowest BCUT2D eigenvalue weighted by atomic mass is 9.88. The summed E-state index contributed by atoms with van der Waals surface area (Å²) in [4.78, 5) is 0. The van der Waals surface area contributed by atoms with E-state index < -0.39 is 0 Å². The van der Waals surface area contributed by atoms with Crippen molar-refractivity contribution in [2.24, 2.45) is 0 Å². The molecule has 0 atom stereocenters. The van der Waals surface area contributed by atoms with Crippen molar-refractivity contribution in [1.82, 2.24) is 5.32 Å². The molecule has 3 aromatic rings. The van der Waals surface area contributed by atoms with Crippen molar-refractivity contribution in [2.45, 2.75) is 5.92 Å². The van der Waals surface area contributed by atoms with Crippen LogP contribution in [0.2, 0.25) is 0 Å². The number of hydrogen-bond donors (Lipinski definition) is 1. The molecule has 1 nitrogen and oxygen atoms in total. The fraction of sp³-hybridized carbons (Fsp3) is 0.143. The lowest BCUT2D eigenvalue weighted by Crippen LogP contribution is -2.39. The molecular weight excluding hydrogens is 266 g/mol. The molecule has 1 fully saturated rings. The van der Waals surface area contributed by atoms with Gasteiger partial charge < -0.3 is 5.32 Å². The van der Waals surface area contributed by atoms with Crippen LogP contribution in [-0.4, -0.2) is 13.1 Å². The molecule has 1 aliphatic heterocycles. The van der Waals surface area contributed by atoms with Crippen LogP contribution in [0.3, 0.4) is 0 Å².